The van der Waals surface area contributed by atoms with Gasteiger partial charge in [-0.05, 0) is 103 Å². The van der Waals surface area contributed by atoms with Crippen LogP contribution in [-0.4, -0.2) is 41.6 Å². The molecule has 0 aromatic heterocycles. The number of aliphatic carboxylic acids is 1. The predicted octanol–water partition coefficient (Wildman–Crippen LogP) is 13.0. The lowest BCUT2D eigenvalue weighted by Crippen LogP contribution is -2.40. The first-order chi connectivity index (χ1) is 26.9. The van der Waals surface area contributed by atoms with Gasteiger partial charge in [-0.3, -0.25) is 9.59 Å². The highest BCUT2D eigenvalue weighted by molar-refractivity contribution is 5.83. The maximum Gasteiger partial charge on any atom is 0.326 e. The lowest BCUT2D eigenvalue weighted by molar-refractivity contribution is -0.150. The molecule has 0 aromatic rings. The van der Waals surface area contributed by atoms with Crippen LogP contribution >= 0.6 is 0 Å². The van der Waals surface area contributed by atoms with Crippen LogP contribution in [0.15, 0.2) is 60.8 Å². The van der Waals surface area contributed by atoms with Gasteiger partial charge in [0.05, 0.1) is 0 Å². The fourth-order valence-corrected chi connectivity index (χ4v) is 6.48. The van der Waals surface area contributed by atoms with E-state index >= 15 is 0 Å². The SMILES string of the molecule is CC/C=C\C/C=C\C/C=C\C/C=C\C/C=C\CCCCCCCC(=O)OC(CCCCCCCCCC)CCCCCCCC(=O)NC(CCCN)C(=O)O. The van der Waals surface area contributed by atoms with Gasteiger partial charge in [-0.15, -0.1) is 0 Å². The Hall–Kier alpha value is -2.93. The number of carbonyl (C=O) groups excluding carboxylic acids is 2. The normalized spacial score (nSPS) is 13.2. The molecule has 0 heterocycles. The Labute approximate surface area is 338 Å². The van der Waals surface area contributed by atoms with Crippen LogP contribution in [-0.2, 0) is 19.1 Å². The second-order valence-corrected chi connectivity index (χ2v) is 15.1. The highest BCUT2D eigenvalue weighted by Crippen LogP contribution is 2.19. The molecule has 0 spiro atoms. The highest BCUT2D eigenvalue weighted by atomic mass is 16.5. The van der Waals surface area contributed by atoms with Gasteiger partial charge in [0.2, 0.25) is 5.91 Å². The number of hydrogen-bond acceptors (Lipinski definition) is 5. The monoisotopic (exact) mass is 769 g/mol. The van der Waals surface area contributed by atoms with Crippen LogP contribution in [0.5, 0.6) is 0 Å². The molecule has 0 aliphatic carbocycles. The van der Waals surface area contributed by atoms with E-state index in [0.29, 0.717) is 32.2 Å². The molecular formula is C48H84N2O5. The molecule has 0 rings (SSSR count). The maximum atomic E-state index is 12.8. The zero-order chi connectivity index (χ0) is 40.3. The van der Waals surface area contributed by atoms with E-state index in [2.05, 4.69) is 79.9 Å². The maximum absolute atomic E-state index is 12.8. The van der Waals surface area contributed by atoms with E-state index in [-0.39, 0.29) is 18.0 Å². The summed E-state index contributed by atoms with van der Waals surface area (Å²) >= 11 is 0. The first-order valence-corrected chi connectivity index (χ1v) is 22.6. The van der Waals surface area contributed by atoms with Gasteiger partial charge in [0, 0.05) is 12.8 Å². The van der Waals surface area contributed by atoms with Crippen molar-refractivity contribution in [2.75, 3.05) is 6.54 Å². The van der Waals surface area contributed by atoms with E-state index in [0.717, 1.165) is 109 Å². The molecule has 7 nitrogen and oxygen atoms in total. The summed E-state index contributed by atoms with van der Waals surface area (Å²) in [5.74, 6) is -1.25. The number of unbranched alkanes of at least 4 members (excludes halogenated alkanes) is 16. The standard InChI is InChI=1S/C48H84N2O5/c1-3-5-7-9-11-13-14-15-16-17-18-19-20-21-22-23-24-25-27-32-36-42-47(52)55-44(38-33-29-26-12-10-8-6-4-2)39-34-30-28-31-35-41-46(51)50-45(48(53)54)40-37-43-49/h5,7,11,13,15-16,18-19,21-22,44-45H,3-4,6,8-10,12,14,17,20,23-43,49H2,1-2H3,(H,50,51)(H,53,54)/b7-5-,13-11-,16-15-,19-18-,22-21-. The molecule has 0 aromatic carbocycles. The summed E-state index contributed by atoms with van der Waals surface area (Å²) in [5, 5.41) is 11.9. The van der Waals surface area contributed by atoms with Crippen molar-refractivity contribution in [1.29, 1.82) is 0 Å². The summed E-state index contributed by atoms with van der Waals surface area (Å²) in [5.41, 5.74) is 5.48. The largest absolute Gasteiger partial charge is 0.480 e. The number of carbonyl (C=O) groups is 3. The molecule has 1 amide bonds. The van der Waals surface area contributed by atoms with Gasteiger partial charge in [0.25, 0.3) is 0 Å². The van der Waals surface area contributed by atoms with Crippen molar-refractivity contribution in [2.24, 2.45) is 5.73 Å². The number of ether oxygens (including phenoxy) is 1. The third-order valence-corrected chi connectivity index (χ3v) is 9.85. The number of hydrogen-bond donors (Lipinski definition) is 3. The second kappa shape index (κ2) is 42.2. The van der Waals surface area contributed by atoms with Gasteiger partial charge in [-0.25, -0.2) is 4.79 Å². The van der Waals surface area contributed by atoms with Gasteiger partial charge in [-0.1, -0.05) is 158 Å². The first kappa shape index (κ1) is 52.1. The quantitative estimate of drug-likeness (QED) is 0.0324. The van der Waals surface area contributed by atoms with Crippen molar-refractivity contribution < 1.29 is 24.2 Å². The molecule has 0 saturated carbocycles. The Morgan fingerprint density at radius 3 is 1.51 bits per heavy atom. The van der Waals surface area contributed by atoms with Gasteiger partial charge < -0.3 is 20.9 Å². The average molecular weight is 769 g/mol. The smallest absolute Gasteiger partial charge is 0.326 e. The summed E-state index contributed by atoms with van der Waals surface area (Å²) in [6, 6.07) is -0.859. The second-order valence-electron chi connectivity index (χ2n) is 15.1. The van der Waals surface area contributed by atoms with Gasteiger partial charge in [0.15, 0.2) is 0 Å². The van der Waals surface area contributed by atoms with E-state index in [4.69, 9.17) is 10.5 Å². The molecule has 7 heteroatoms. The first-order valence-electron chi connectivity index (χ1n) is 22.6. The third-order valence-electron chi connectivity index (χ3n) is 9.85. The Morgan fingerprint density at radius 1 is 0.545 bits per heavy atom. The number of allylic oxidation sites excluding steroid dienone is 10. The Balaban J connectivity index is 4.21. The Morgan fingerprint density at radius 2 is 1.00 bits per heavy atom. The van der Waals surface area contributed by atoms with Crippen LogP contribution in [0.2, 0.25) is 0 Å². The number of carboxylic acid groups (broad SMARTS) is 1. The topological polar surface area (TPSA) is 119 Å². The Kier molecular flexibility index (Phi) is 40.0. The van der Waals surface area contributed by atoms with E-state index in [1.54, 1.807) is 0 Å². The minimum absolute atomic E-state index is 0.00307. The highest BCUT2D eigenvalue weighted by Gasteiger charge is 2.19. The van der Waals surface area contributed by atoms with Crippen molar-refractivity contribution in [1.82, 2.24) is 5.32 Å². The summed E-state index contributed by atoms with van der Waals surface area (Å²) in [6.45, 7) is 4.82. The summed E-state index contributed by atoms with van der Waals surface area (Å²) in [7, 11) is 0. The Bertz CT molecular complexity index is 1050. The molecule has 0 radical (unpaired) electrons. The van der Waals surface area contributed by atoms with Crippen molar-refractivity contribution >= 4 is 17.8 Å². The number of carboxylic acids is 1. The van der Waals surface area contributed by atoms with Crippen molar-refractivity contribution in [3.8, 4) is 0 Å². The molecule has 55 heavy (non-hydrogen) atoms. The summed E-state index contributed by atoms with van der Waals surface area (Å²) in [6.07, 6.45) is 52.7. The van der Waals surface area contributed by atoms with Crippen LogP contribution < -0.4 is 11.1 Å². The van der Waals surface area contributed by atoms with Crippen LogP contribution in [0.1, 0.15) is 206 Å². The fraction of sp³-hybridized carbons (Fsp3) is 0.729. The minimum atomic E-state index is -1.01. The lowest BCUT2D eigenvalue weighted by atomic mass is 10.0. The van der Waals surface area contributed by atoms with Gasteiger partial charge in [-0.2, -0.15) is 0 Å². The number of esters is 1. The van der Waals surface area contributed by atoms with Crippen LogP contribution in [0.3, 0.4) is 0 Å². The third kappa shape index (κ3) is 39.1. The number of nitrogens with two attached hydrogens (primary N) is 1. The number of nitrogens with one attached hydrogen (secondary N) is 1. The van der Waals surface area contributed by atoms with Gasteiger partial charge >= 0.3 is 11.9 Å². The lowest BCUT2D eigenvalue weighted by Gasteiger charge is -2.18. The zero-order valence-corrected chi connectivity index (χ0v) is 35.5. The molecule has 4 N–H and O–H groups in total. The molecular weight excluding hydrogens is 685 g/mol. The van der Waals surface area contributed by atoms with Crippen molar-refractivity contribution in [3.05, 3.63) is 60.8 Å². The van der Waals surface area contributed by atoms with E-state index < -0.39 is 12.0 Å². The summed E-state index contributed by atoms with van der Waals surface area (Å²) in [4.78, 5) is 36.3. The summed E-state index contributed by atoms with van der Waals surface area (Å²) < 4.78 is 6.03. The van der Waals surface area contributed by atoms with E-state index in [1.165, 1.54) is 57.8 Å². The van der Waals surface area contributed by atoms with Crippen molar-refractivity contribution in [2.45, 2.75) is 219 Å². The van der Waals surface area contributed by atoms with Crippen LogP contribution in [0.4, 0.5) is 0 Å². The number of rotatable bonds is 40. The molecule has 2 atom stereocenters. The van der Waals surface area contributed by atoms with Crippen LogP contribution in [0.25, 0.3) is 0 Å². The fourth-order valence-electron chi connectivity index (χ4n) is 6.48. The number of amides is 1. The molecule has 316 valence electrons. The predicted molar refractivity (Wildman–Crippen MR) is 234 cm³/mol. The molecule has 0 saturated heterocycles. The van der Waals surface area contributed by atoms with Crippen molar-refractivity contribution in [3.63, 3.8) is 0 Å². The van der Waals surface area contributed by atoms with E-state index in [1.807, 2.05) is 0 Å². The average Bonchev–Trinajstić information content (AvgIpc) is 3.17. The molecule has 0 aliphatic rings. The van der Waals surface area contributed by atoms with E-state index in [9.17, 15) is 19.5 Å². The molecule has 0 bridgehead atoms. The van der Waals surface area contributed by atoms with Gasteiger partial charge in [0.1, 0.15) is 12.1 Å². The molecule has 0 aliphatic heterocycles. The minimum Gasteiger partial charge on any atom is -0.480 e. The molecule has 0 fully saturated rings. The molecule has 2 unspecified atom stereocenters. The zero-order valence-electron chi connectivity index (χ0n) is 35.5. The van der Waals surface area contributed by atoms with Crippen LogP contribution in [0, 0.1) is 0 Å².